The van der Waals surface area contributed by atoms with Crippen molar-refractivity contribution in [3.8, 4) is 0 Å². The molecular weight excluding hydrogens is 236 g/mol. The third-order valence-electron chi connectivity index (χ3n) is 4.21. The SMILES string of the molecule is Cn1nc(CN2CCCCC2CN)c2ccccc21. The summed E-state index contributed by atoms with van der Waals surface area (Å²) >= 11 is 0. The van der Waals surface area contributed by atoms with Gasteiger partial charge in [0.05, 0.1) is 11.2 Å². The van der Waals surface area contributed by atoms with Gasteiger partial charge in [-0.25, -0.2) is 0 Å². The van der Waals surface area contributed by atoms with Gasteiger partial charge in [0.25, 0.3) is 0 Å². The summed E-state index contributed by atoms with van der Waals surface area (Å²) < 4.78 is 1.98. The fraction of sp³-hybridized carbons (Fsp3) is 0.533. The molecule has 1 atom stereocenters. The average molecular weight is 258 g/mol. The average Bonchev–Trinajstić information content (AvgIpc) is 2.77. The lowest BCUT2D eigenvalue weighted by Crippen LogP contribution is -2.43. The molecule has 0 bridgehead atoms. The lowest BCUT2D eigenvalue weighted by Gasteiger charge is -2.34. The smallest absolute Gasteiger partial charge is 0.0843 e. The van der Waals surface area contributed by atoms with Crippen molar-refractivity contribution in [3.05, 3.63) is 30.0 Å². The van der Waals surface area contributed by atoms with E-state index in [1.807, 2.05) is 11.7 Å². The number of fused-ring (bicyclic) bond motifs is 1. The van der Waals surface area contributed by atoms with E-state index in [2.05, 4.69) is 34.3 Å². The molecule has 1 aliphatic rings. The quantitative estimate of drug-likeness (QED) is 0.914. The Morgan fingerprint density at radius 1 is 1.32 bits per heavy atom. The van der Waals surface area contributed by atoms with Crippen molar-refractivity contribution in [3.63, 3.8) is 0 Å². The van der Waals surface area contributed by atoms with Crippen LogP contribution in [0.5, 0.6) is 0 Å². The van der Waals surface area contributed by atoms with Crippen LogP contribution in [0.1, 0.15) is 25.0 Å². The number of aryl methyl sites for hydroxylation is 1. The molecule has 1 aromatic heterocycles. The number of para-hydroxylation sites is 1. The number of piperidine rings is 1. The number of hydrogen-bond donors (Lipinski definition) is 1. The third-order valence-corrected chi connectivity index (χ3v) is 4.21. The van der Waals surface area contributed by atoms with E-state index in [0.717, 1.165) is 19.6 Å². The van der Waals surface area contributed by atoms with Gasteiger partial charge in [0.1, 0.15) is 0 Å². The molecule has 0 aliphatic carbocycles. The highest BCUT2D eigenvalue weighted by Gasteiger charge is 2.22. The second-order valence-electron chi connectivity index (χ2n) is 5.44. The van der Waals surface area contributed by atoms with E-state index in [9.17, 15) is 0 Å². The first-order valence-electron chi connectivity index (χ1n) is 7.14. The van der Waals surface area contributed by atoms with Crippen LogP contribution in [0.4, 0.5) is 0 Å². The van der Waals surface area contributed by atoms with Crippen LogP contribution in [0.15, 0.2) is 24.3 Å². The van der Waals surface area contributed by atoms with Crippen molar-refractivity contribution >= 4 is 10.9 Å². The van der Waals surface area contributed by atoms with Crippen LogP contribution in [-0.4, -0.2) is 33.8 Å². The monoisotopic (exact) mass is 258 g/mol. The van der Waals surface area contributed by atoms with E-state index in [1.165, 1.54) is 35.9 Å². The number of hydrogen-bond acceptors (Lipinski definition) is 3. The fourth-order valence-electron chi connectivity index (χ4n) is 3.13. The lowest BCUT2D eigenvalue weighted by molar-refractivity contribution is 0.143. The van der Waals surface area contributed by atoms with Gasteiger partial charge in [0.15, 0.2) is 0 Å². The minimum atomic E-state index is 0.523. The molecule has 1 unspecified atom stereocenters. The Morgan fingerprint density at radius 3 is 3.00 bits per heavy atom. The van der Waals surface area contributed by atoms with E-state index in [0.29, 0.717) is 6.04 Å². The Bertz CT molecular complexity index is 560. The first-order valence-corrected chi connectivity index (χ1v) is 7.14. The number of rotatable bonds is 3. The van der Waals surface area contributed by atoms with Crippen LogP contribution in [0.25, 0.3) is 10.9 Å². The summed E-state index contributed by atoms with van der Waals surface area (Å²) in [7, 11) is 2.02. The molecule has 102 valence electrons. The number of benzene rings is 1. The summed E-state index contributed by atoms with van der Waals surface area (Å²) in [5.41, 5.74) is 8.28. The summed E-state index contributed by atoms with van der Waals surface area (Å²) in [5, 5.41) is 5.96. The summed E-state index contributed by atoms with van der Waals surface area (Å²) in [6.45, 7) is 2.82. The highest BCUT2D eigenvalue weighted by Crippen LogP contribution is 2.23. The zero-order chi connectivity index (χ0) is 13.2. The molecule has 3 rings (SSSR count). The van der Waals surface area contributed by atoms with E-state index < -0.39 is 0 Å². The molecule has 0 amide bonds. The van der Waals surface area contributed by atoms with E-state index in [4.69, 9.17) is 5.73 Å². The first-order chi connectivity index (χ1) is 9.29. The zero-order valence-electron chi connectivity index (χ0n) is 11.5. The second-order valence-corrected chi connectivity index (χ2v) is 5.44. The summed E-state index contributed by atoms with van der Waals surface area (Å²) in [6.07, 6.45) is 3.81. The first kappa shape index (κ1) is 12.6. The summed E-state index contributed by atoms with van der Waals surface area (Å²) in [6, 6.07) is 8.97. The van der Waals surface area contributed by atoms with Crippen molar-refractivity contribution in [1.82, 2.24) is 14.7 Å². The predicted octanol–water partition coefficient (Wildman–Crippen LogP) is 1.89. The Kier molecular flexibility index (Phi) is 3.53. The maximum absolute atomic E-state index is 5.90. The van der Waals surface area contributed by atoms with Gasteiger partial charge < -0.3 is 5.73 Å². The van der Waals surface area contributed by atoms with E-state index in [-0.39, 0.29) is 0 Å². The standard InChI is InChI=1S/C15H22N4/c1-18-15-8-3-2-7-13(15)14(17-18)11-19-9-5-4-6-12(19)10-16/h2-3,7-8,12H,4-6,9-11,16H2,1H3. The van der Waals surface area contributed by atoms with Gasteiger partial charge in [-0.05, 0) is 25.5 Å². The molecule has 0 saturated carbocycles. The topological polar surface area (TPSA) is 47.1 Å². The summed E-state index contributed by atoms with van der Waals surface area (Å²) in [5.74, 6) is 0. The molecule has 4 heteroatoms. The van der Waals surface area contributed by atoms with Gasteiger partial charge in [-0.3, -0.25) is 9.58 Å². The molecule has 2 N–H and O–H groups in total. The molecule has 19 heavy (non-hydrogen) atoms. The van der Waals surface area contributed by atoms with Gasteiger partial charge in [-0.1, -0.05) is 24.6 Å². The molecule has 1 aromatic carbocycles. The molecule has 2 aromatic rings. The van der Waals surface area contributed by atoms with Crippen molar-refractivity contribution < 1.29 is 0 Å². The molecule has 1 saturated heterocycles. The number of nitrogens with two attached hydrogens (primary N) is 1. The maximum atomic E-state index is 5.90. The fourth-order valence-corrected chi connectivity index (χ4v) is 3.13. The molecular formula is C15H22N4. The van der Waals surface area contributed by atoms with Gasteiger partial charge >= 0.3 is 0 Å². The van der Waals surface area contributed by atoms with Gasteiger partial charge in [0, 0.05) is 31.6 Å². The van der Waals surface area contributed by atoms with Crippen LogP contribution >= 0.6 is 0 Å². The number of likely N-dealkylation sites (tertiary alicyclic amines) is 1. The molecule has 2 heterocycles. The summed E-state index contributed by atoms with van der Waals surface area (Å²) in [4.78, 5) is 2.50. The normalized spacial score (nSPS) is 21.1. The van der Waals surface area contributed by atoms with Gasteiger partial charge in [-0.15, -0.1) is 0 Å². The number of aromatic nitrogens is 2. The largest absolute Gasteiger partial charge is 0.329 e. The molecule has 1 aliphatic heterocycles. The highest BCUT2D eigenvalue weighted by atomic mass is 15.3. The van der Waals surface area contributed by atoms with Crippen molar-refractivity contribution in [2.75, 3.05) is 13.1 Å². The van der Waals surface area contributed by atoms with Crippen LogP contribution in [0.2, 0.25) is 0 Å². The van der Waals surface area contributed by atoms with E-state index in [1.54, 1.807) is 0 Å². The second kappa shape index (κ2) is 5.31. The molecule has 1 fully saturated rings. The van der Waals surface area contributed by atoms with Crippen LogP contribution in [-0.2, 0) is 13.6 Å². The molecule has 0 radical (unpaired) electrons. The van der Waals surface area contributed by atoms with Crippen molar-refractivity contribution in [2.45, 2.75) is 31.8 Å². The Morgan fingerprint density at radius 2 is 2.16 bits per heavy atom. The van der Waals surface area contributed by atoms with E-state index >= 15 is 0 Å². The van der Waals surface area contributed by atoms with Crippen molar-refractivity contribution in [2.24, 2.45) is 12.8 Å². The van der Waals surface area contributed by atoms with Crippen LogP contribution in [0, 0.1) is 0 Å². The minimum Gasteiger partial charge on any atom is -0.329 e. The van der Waals surface area contributed by atoms with Gasteiger partial charge in [-0.2, -0.15) is 5.10 Å². The Labute approximate surface area is 114 Å². The van der Waals surface area contributed by atoms with Crippen LogP contribution in [0.3, 0.4) is 0 Å². The maximum Gasteiger partial charge on any atom is 0.0843 e. The third kappa shape index (κ3) is 2.38. The molecule has 0 spiro atoms. The Hall–Kier alpha value is -1.39. The molecule has 4 nitrogen and oxygen atoms in total. The van der Waals surface area contributed by atoms with Gasteiger partial charge in [0.2, 0.25) is 0 Å². The van der Waals surface area contributed by atoms with Crippen LogP contribution < -0.4 is 5.73 Å². The predicted molar refractivity (Wildman–Crippen MR) is 77.8 cm³/mol. The number of nitrogens with zero attached hydrogens (tertiary/aromatic N) is 3. The lowest BCUT2D eigenvalue weighted by atomic mass is 10.0. The zero-order valence-corrected chi connectivity index (χ0v) is 11.5. The van der Waals surface area contributed by atoms with Crippen molar-refractivity contribution in [1.29, 1.82) is 0 Å². The highest BCUT2D eigenvalue weighted by molar-refractivity contribution is 5.81. The minimum absolute atomic E-state index is 0.523. The Balaban J connectivity index is 1.88.